The summed E-state index contributed by atoms with van der Waals surface area (Å²) in [6.07, 6.45) is 0.978. The number of carbonyl (C=O) groups excluding carboxylic acids is 1. The highest BCUT2D eigenvalue weighted by atomic mass is 16.5. The first-order valence-electron chi connectivity index (χ1n) is 9.99. The summed E-state index contributed by atoms with van der Waals surface area (Å²) < 4.78 is 5.49. The first-order valence-corrected chi connectivity index (χ1v) is 9.99. The lowest BCUT2D eigenvalue weighted by atomic mass is 10.2. The Kier molecular flexibility index (Phi) is 7.18. The summed E-state index contributed by atoms with van der Waals surface area (Å²) >= 11 is 0. The number of carbonyl (C=O) groups is 1. The Labute approximate surface area is 162 Å². The molecule has 7 nitrogen and oxygen atoms in total. The lowest BCUT2D eigenvalue weighted by Crippen LogP contribution is -2.52. The fraction of sp³-hybridized carbons (Fsp3) is 0.650. The topological polar surface area (TPSA) is 51.3 Å². The van der Waals surface area contributed by atoms with Gasteiger partial charge in [-0.15, -0.1) is 0 Å². The highest BCUT2D eigenvalue weighted by Gasteiger charge is 2.24. The third-order valence-electron chi connectivity index (χ3n) is 5.20. The molecule has 0 atom stereocenters. The van der Waals surface area contributed by atoms with Gasteiger partial charge < -0.3 is 29.7 Å². The normalized spacial score (nSPS) is 18.1. The van der Waals surface area contributed by atoms with E-state index in [-0.39, 0.29) is 6.03 Å². The summed E-state index contributed by atoms with van der Waals surface area (Å²) in [5.41, 5.74) is 2.55. The van der Waals surface area contributed by atoms with Gasteiger partial charge in [-0.25, -0.2) is 4.79 Å². The number of piperazine rings is 1. The second-order valence-electron chi connectivity index (χ2n) is 7.45. The number of nitrogens with one attached hydrogen (secondary N) is 1. The molecule has 2 amide bonds. The minimum atomic E-state index is 0.0647. The van der Waals surface area contributed by atoms with Gasteiger partial charge in [0.2, 0.25) is 0 Å². The van der Waals surface area contributed by atoms with E-state index in [1.807, 2.05) is 4.90 Å². The molecule has 2 heterocycles. The van der Waals surface area contributed by atoms with Crippen molar-refractivity contribution < 1.29 is 9.53 Å². The van der Waals surface area contributed by atoms with E-state index >= 15 is 0 Å². The van der Waals surface area contributed by atoms with Crippen LogP contribution in [0.25, 0.3) is 0 Å². The van der Waals surface area contributed by atoms with Crippen molar-refractivity contribution in [3.63, 3.8) is 0 Å². The van der Waals surface area contributed by atoms with Crippen LogP contribution in [-0.2, 0) is 4.74 Å². The van der Waals surface area contributed by atoms with Crippen molar-refractivity contribution in [2.24, 2.45) is 0 Å². The van der Waals surface area contributed by atoms with Crippen LogP contribution in [0, 0.1) is 0 Å². The summed E-state index contributed by atoms with van der Waals surface area (Å²) in [4.78, 5) is 21.2. The number of benzene rings is 1. The molecule has 2 aliphatic heterocycles. The van der Waals surface area contributed by atoms with E-state index in [0.29, 0.717) is 0 Å². The van der Waals surface area contributed by atoms with E-state index < -0.39 is 0 Å². The van der Waals surface area contributed by atoms with Crippen molar-refractivity contribution in [3.8, 4) is 0 Å². The number of nitrogens with zero attached hydrogens (tertiary/aromatic N) is 4. The van der Waals surface area contributed by atoms with Crippen LogP contribution in [0.15, 0.2) is 24.3 Å². The lowest BCUT2D eigenvalue weighted by Gasteiger charge is -2.39. The van der Waals surface area contributed by atoms with Gasteiger partial charge in [0.05, 0.1) is 24.6 Å². The van der Waals surface area contributed by atoms with Gasteiger partial charge in [0.15, 0.2) is 0 Å². The Bertz CT molecular complexity index is 596. The van der Waals surface area contributed by atoms with Crippen LogP contribution in [-0.4, -0.2) is 95.5 Å². The molecule has 2 saturated heterocycles. The fourth-order valence-corrected chi connectivity index (χ4v) is 3.66. The van der Waals surface area contributed by atoms with E-state index in [1.165, 1.54) is 11.4 Å². The standard InChI is InChI=1S/C20H33N5O2/c1-22(2)9-5-8-21-20(26)25-12-10-23(11-13-25)18-6-3-4-7-19(18)24-14-16-27-17-15-24/h3-4,6-7H,5,8-17H2,1-2H3,(H,21,26). The van der Waals surface area contributed by atoms with Crippen LogP contribution in [0.3, 0.4) is 0 Å². The van der Waals surface area contributed by atoms with Gasteiger partial charge in [-0.3, -0.25) is 0 Å². The number of para-hydroxylation sites is 2. The van der Waals surface area contributed by atoms with Crippen molar-refractivity contribution in [2.75, 3.05) is 89.5 Å². The Morgan fingerprint density at radius 3 is 2.19 bits per heavy atom. The first kappa shape index (κ1) is 19.8. The largest absolute Gasteiger partial charge is 0.378 e. The van der Waals surface area contributed by atoms with Crippen molar-refractivity contribution in [2.45, 2.75) is 6.42 Å². The molecule has 1 aromatic carbocycles. The van der Waals surface area contributed by atoms with E-state index in [0.717, 1.165) is 72.0 Å². The monoisotopic (exact) mass is 375 g/mol. The maximum atomic E-state index is 12.4. The van der Waals surface area contributed by atoms with Gasteiger partial charge in [-0.1, -0.05) is 12.1 Å². The SMILES string of the molecule is CN(C)CCCNC(=O)N1CCN(c2ccccc2N2CCOCC2)CC1. The van der Waals surface area contributed by atoms with E-state index in [4.69, 9.17) is 4.74 Å². The molecule has 2 fully saturated rings. The second-order valence-corrected chi connectivity index (χ2v) is 7.45. The minimum Gasteiger partial charge on any atom is -0.378 e. The average molecular weight is 376 g/mol. The number of urea groups is 1. The number of rotatable bonds is 6. The van der Waals surface area contributed by atoms with Crippen molar-refractivity contribution in [1.82, 2.24) is 15.1 Å². The minimum absolute atomic E-state index is 0.0647. The first-order chi connectivity index (χ1) is 13.1. The molecule has 0 aliphatic carbocycles. The third-order valence-corrected chi connectivity index (χ3v) is 5.20. The van der Waals surface area contributed by atoms with E-state index in [2.05, 4.69) is 58.4 Å². The van der Waals surface area contributed by atoms with Gasteiger partial charge in [0.25, 0.3) is 0 Å². The smallest absolute Gasteiger partial charge is 0.317 e. The quantitative estimate of drug-likeness (QED) is 0.760. The fourth-order valence-electron chi connectivity index (χ4n) is 3.66. The molecule has 2 aliphatic rings. The molecule has 150 valence electrons. The van der Waals surface area contributed by atoms with Crippen LogP contribution in [0.2, 0.25) is 0 Å². The van der Waals surface area contributed by atoms with Crippen LogP contribution in [0.5, 0.6) is 0 Å². The zero-order valence-corrected chi connectivity index (χ0v) is 16.7. The molecule has 0 spiro atoms. The highest BCUT2D eigenvalue weighted by molar-refractivity contribution is 5.75. The number of ether oxygens (including phenoxy) is 1. The van der Waals surface area contributed by atoms with E-state index in [9.17, 15) is 4.79 Å². The molecule has 27 heavy (non-hydrogen) atoms. The number of anilines is 2. The Balaban J connectivity index is 1.51. The summed E-state index contributed by atoms with van der Waals surface area (Å²) in [5.74, 6) is 0. The zero-order chi connectivity index (χ0) is 19.1. The maximum absolute atomic E-state index is 12.4. The molecule has 3 rings (SSSR count). The van der Waals surface area contributed by atoms with Crippen LogP contribution in [0.4, 0.5) is 16.2 Å². The van der Waals surface area contributed by atoms with Gasteiger partial charge >= 0.3 is 6.03 Å². The van der Waals surface area contributed by atoms with Crippen molar-refractivity contribution in [3.05, 3.63) is 24.3 Å². The number of hydrogen-bond donors (Lipinski definition) is 1. The maximum Gasteiger partial charge on any atom is 0.317 e. The molecule has 0 radical (unpaired) electrons. The van der Waals surface area contributed by atoms with Crippen LogP contribution in [0.1, 0.15) is 6.42 Å². The number of morpholine rings is 1. The zero-order valence-electron chi connectivity index (χ0n) is 16.7. The molecule has 0 aromatic heterocycles. The summed E-state index contributed by atoms with van der Waals surface area (Å²) in [5, 5.41) is 3.05. The molecule has 7 heteroatoms. The Hall–Kier alpha value is -1.99. The summed E-state index contributed by atoms with van der Waals surface area (Å²) in [7, 11) is 4.10. The Morgan fingerprint density at radius 1 is 1.00 bits per heavy atom. The van der Waals surface area contributed by atoms with Crippen LogP contribution >= 0.6 is 0 Å². The molecule has 1 aromatic rings. The predicted molar refractivity (Wildman–Crippen MR) is 110 cm³/mol. The molecular weight excluding hydrogens is 342 g/mol. The second kappa shape index (κ2) is 9.80. The molecular formula is C20H33N5O2. The number of hydrogen-bond acceptors (Lipinski definition) is 5. The van der Waals surface area contributed by atoms with Gasteiger partial charge in [0.1, 0.15) is 0 Å². The van der Waals surface area contributed by atoms with Crippen molar-refractivity contribution in [1.29, 1.82) is 0 Å². The Morgan fingerprint density at radius 2 is 1.59 bits per heavy atom. The van der Waals surface area contributed by atoms with Crippen LogP contribution < -0.4 is 15.1 Å². The summed E-state index contributed by atoms with van der Waals surface area (Å²) in [6.45, 7) is 8.43. The average Bonchev–Trinajstić information content (AvgIpc) is 2.72. The highest BCUT2D eigenvalue weighted by Crippen LogP contribution is 2.30. The van der Waals surface area contributed by atoms with E-state index in [1.54, 1.807) is 0 Å². The molecule has 1 N–H and O–H groups in total. The predicted octanol–water partition coefficient (Wildman–Crippen LogP) is 1.31. The van der Waals surface area contributed by atoms with Gasteiger partial charge in [-0.05, 0) is 39.2 Å². The molecule has 0 saturated carbocycles. The lowest BCUT2D eigenvalue weighted by molar-refractivity contribution is 0.122. The van der Waals surface area contributed by atoms with Gasteiger partial charge in [0, 0.05) is 45.8 Å². The molecule has 0 unspecified atom stereocenters. The van der Waals surface area contributed by atoms with Crippen molar-refractivity contribution >= 4 is 17.4 Å². The summed E-state index contributed by atoms with van der Waals surface area (Å²) in [6, 6.07) is 8.66. The third kappa shape index (κ3) is 5.49. The number of amides is 2. The van der Waals surface area contributed by atoms with Gasteiger partial charge in [-0.2, -0.15) is 0 Å². The molecule has 0 bridgehead atoms.